The standard InChI is InChI=1S/C27H17N5O2/c28-15-20-6-2-1-5-18(20)13-21-14-19-8-3-9-22(26(19)29-21)23-16-32(31-30-23)24-10-4-7-17-11-12-25(33)34-27(17)24/h1-12,14,16,29H,13H2. The Morgan fingerprint density at radius 2 is 1.82 bits per heavy atom. The third-order valence-electron chi connectivity index (χ3n) is 5.87. The molecule has 0 unspecified atom stereocenters. The predicted molar refractivity (Wildman–Crippen MR) is 129 cm³/mol. The first-order valence-corrected chi connectivity index (χ1v) is 10.7. The van der Waals surface area contributed by atoms with E-state index in [1.807, 2.05) is 66.9 Å². The number of benzene rings is 3. The molecule has 0 fully saturated rings. The Morgan fingerprint density at radius 3 is 2.74 bits per heavy atom. The molecule has 0 aliphatic rings. The van der Waals surface area contributed by atoms with Crippen LogP contribution in [0.3, 0.4) is 0 Å². The molecule has 3 aromatic heterocycles. The van der Waals surface area contributed by atoms with Crippen molar-refractivity contribution in [3.05, 3.63) is 112 Å². The van der Waals surface area contributed by atoms with Gasteiger partial charge in [-0.15, -0.1) is 5.10 Å². The van der Waals surface area contributed by atoms with Crippen molar-refractivity contribution in [2.45, 2.75) is 6.42 Å². The monoisotopic (exact) mass is 443 g/mol. The fourth-order valence-electron chi connectivity index (χ4n) is 4.27. The summed E-state index contributed by atoms with van der Waals surface area (Å²) in [5, 5.41) is 20.0. The molecule has 0 aliphatic carbocycles. The van der Waals surface area contributed by atoms with E-state index in [2.05, 4.69) is 27.4 Å². The first-order valence-electron chi connectivity index (χ1n) is 10.7. The summed E-state index contributed by atoms with van der Waals surface area (Å²) in [7, 11) is 0. The highest BCUT2D eigenvalue weighted by atomic mass is 16.4. The van der Waals surface area contributed by atoms with Gasteiger partial charge in [-0.05, 0) is 29.8 Å². The molecule has 162 valence electrons. The number of H-pyrrole nitrogens is 1. The molecule has 6 rings (SSSR count). The lowest BCUT2D eigenvalue weighted by atomic mass is 10.0. The van der Waals surface area contributed by atoms with Gasteiger partial charge < -0.3 is 9.40 Å². The van der Waals surface area contributed by atoms with Crippen molar-refractivity contribution >= 4 is 21.9 Å². The molecule has 7 nitrogen and oxygen atoms in total. The highest BCUT2D eigenvalue weighted by Gasteiger charge is 2.14. The lowest BCUT2D eigenvalue weighted by Crippen LogP contribution is -2.00. The number of nitrogens with zero attached hydrogens (tertiary/aromatic N) is 4. The van der Waals surface area contributed by atoms with Gasteiger partial charge in [0.2, 0.25) is 0 Å². The Labute approximate surface area is 193 Å². The van der Waals surface area contributed by atoms with Crippen LogP contribution in [0.2, 0.25) is 0 Å². The minimum atomic E-state index is -0.415. The fraction of sp³-hybridized carbons (Fsp3) is 0.0370. The Bertz CT molecular complexity index is 1780. The Kier molecular flexibility index (Phi) is 4.56. The molecule has 7 heteroatoms. The maximum absolute atomic E-state index is 11.8. The van der Waals surface area contributed by atoms with Gasteiger partial charge in [0.15, 0.2) is 5.58 Å². The van der Waals surface area contributed by atoms with Gasteiger partial charge in [-0.2, -0.15) is 5.26 Å². The Morgan fingerprint density at radius 1 is 0.971 bits per heavy atom. The van der Waals surface area contributed by atoms with Crippen LogP contribution in [0.1, 0.15) is 16.8 Å². The van der Waals surface area contributed by atoms with E-state index in [4.69, 9.17) is 4.42 Å². The van der Waals surface area contributed by atoms with Crippen molar-refractivity contribution in [1.82, 2.24) is 20.0 Å². The zero-order chi connectivity index (χ0) is 23.1. The predicted octanol–water partition coefficient (Wildman–Crippen LogP) is 4.98. The second kappa shape index (κ2) is 7.87. The van der Waals surface area contributed by atoms with Crippen LogP contribution in [0.4, 0.5) is 0 Å². The quantitative estimate of drug-likeness (QED) is 0.387. The number of rotatable bonds is 4. The van der Waals surface area contributed by atoms with Gasteiger partial charge in [0, 0.05) is 34.5 Å². The van der Waals surface area contributed by atoms with Gasteiger partial charge in [-0.3, -0.25) is 0 Å². The number of aromatic nitrogens is 4. The number of nitrogens with one attached hydrogen (secondary N) is 1. The molecule has 0 spiro atoms. The van der Waals surface area contributed by atoms with E-state index in [0.29, 0.717) is 28.9 Å². The molecule has 0 saturated heterocycles. The zero-order valence-electron chi connectivity index (χ0n) is 17.9. The highest BCUT2D eigenvalue weighted by Crippen LogP contribution is 2.29. The minimum absolute atomic E-state index is 0.415. The first-order chi connectivity index (χ1) is 16.7. The van der Waals surface area contributed by atoms with E-state index >= 15 is 0 Å². The summed E-state index contributed by atoms with van der Waals surface area (Å²) in [5.41, 5.74) is 5.88. The average molecular weight is 443 g/mol. The molecular formula is C27H17N5O2. The average Bonchev–Trinajstić information content (AvgIpc) is 3.51. The summed E-state index contributed by atoms with van der Waals surface area (Å²) in [6.45, 7) is 0. The number of hydrogen-bond donors (Lipinski definition) is 1. The van der Waals surface area contributed by atoms with Crippen LogP contribution >= 0.6 is 0 Å². The van der Waals surface area contributed by atoms with E-state index in [0.717, 1.165) is 33.1 Å². The number of aromatic amines is 1. The van der Waals surface area contributed by atoms with Gasteiger partial charge in [-0.1, -0.05) is 53.7 Å². The number of nitriles is 1. The lowest BCUT2D eigenvalue weighted by molar-refractivity contribution is 0.557. The number of para-hydroxylation sites is 2. The normalized spacial score (nSPS) is 11.1. The molecule has 0 radical (unpaired) electrons. The summed E-state index contributed by atoms with van der Waals surface area (Å²) in [5.74, 6) is 0. The summed E-state index contributed by atoms with van der Waals surface area (Å²) in [4.78, 5) is 15.3. The molecule has 3 aromatic carbocycles. The maximum atomic E-state index is 11.8. The summed E-state index contributed by atoms with van der Waals surface area (Å²) in [6, 6.07) is 26.7. The molecule has 0 saturated carbocycles. The van der Waals surface area contributed by atoms with Crippen molar-refractivity contribution in [1.29, 1.82) is 5.26 Å². The van der Waals surface area contributed by atoms with Crippen LogP contribution in [0.5, 0.6) is 0 Å². The van der Waals surface area contributed by atoms with Crippen LogP contribution < -0.4 is 5.63 Å². The van der Waals surface area contributed by atoms with Crippen LogP contribution in [0.25, 0.3) is 38.8 Å². The van der Waals surface area contributed by atoms with E-state index in [1.54, 1.807) is 10.7 Å². The molecule has 0 bridgehead atoms. The third-order valence-corrected chi connectivity index (χ3v) is 5.87. The van der Waals surface area contributed by atoms with Crippen molar-refractivity contribution in [2.24, 2.45) is 0 Å². The van der Waals surface area contributed by atoms with Crippen LogP contribution in [-0.4, -0.2) is 20.0 Å². The van der Waals surface area contributed by atoms with E-state index in [-0.39, 0.29) is 0 Å². The number of fused-ring (bicyclic) bond motifs is 2. The van der Waals surface area contributed by atoms with Gasteiger partial charge in [0.05, 0.1) is 23.3 Å². The van der Waals surface area contributed by atoms with Crippen molar-refractivity contribution < 1.29 is 4.42 Å². The summed E-state index contributed by atoms with van der Waals surface area (Å²) in [6.07, 6.45) is 2.45. The Balaban J connectivity index is 1.41. The first kappa shape index (κ1) is 19.7. The second-order valence-electron chi connectivity index (χ2n) is 8.01. The van der Waals surface area contributed by atoms with Gasteiger partial charge in [-0.25, -0.2) is 9.48 Å². The molecule has 0 aliphatic heterocycles. The molecule has 1 N–H and O–H groups in total. The van der Waals surface area contributed by atoms with Gasteiger partial charge in [0.1, 0.15) is 11.4 Å². The van der Waals surface area contributed by atoms with Crippen molar-refractivity contribution in [3.8, 4) is 23.0 Å². The molecule has 34 heavy (non-hydrogen) atoms. The van der Waals surface area contributed by atoms with E-state index in [1.165, 1.54) is 6.07 Å². The Hall–Kier alpha value is -4.96. The molecule has 3 heterocycles. The SMILES string of the molecule is N#Cc1ccccc1Cc1cc2cccc(-c3cn(-c4cccc5ccc(=O)oc45)nn3)c2[nH]1. The number of hydrogen-bond acceptors (Lipinski definition) is 5. The summed E-state index contributed by atoms with van der Waals surface area (Å²) >= 11 is 0. The second-order valence-corrected chi connectivity index (χ2v) is 8.01. The summed E-state index contributed by atoms with van der Waals surface area (Å²) < 4.78 is 7.06. The minimum Gasteiger partial charge on any atom is -0.420 e. The van der Waals surface area contributed by atoms with Crippen LogP contribution in [-0.2, 0) is 6.42 Å². The molecule has 0 amide bonds. The highest BCUT2D eigenvalue weighted by molar-refractivity contribution is 5.94. The van der Waals surface area contributed by atoms with Crippen LogP contribution in [0, 0.1) is 11.3 Å². The molecule has 0 atom stereocenters. The van der Waals surface area contributed by atoms with Crippen molar-refractivity contribution in [2.75, 3.05) is 0 Å². The molecular weight excluding hydrogens is 426 g/mol. The van der Waals surface area contributed by atoms with Crippen molar-refractivity contribution in [3.63, 3.8) is 0 Å². The smallest absolute Gasteiger partial charge is 0.336 e. The maximum Gasteiger partial charge on any atom is 0.336 e. The largest absolute Gasteiger partial charge is 0.420 e. The van der Waals surface area contributed by atoms with Gasteiger partial charge >= 0.3 is 5.63 Å². The van der Waals surface area contributed by atoms with E-state index < -0.39 is 5.63 Å². The zero-order valence-corrected chi connectivity index (χ0v) is 17.9. The third kappa shape index (κ3) is 3.34. The van der Waals surface area contributed by atoms with Crippen LogP contribution in [0.15, 0.2) is 94.3 Å². The topological polar surface area (TPSA) is 100 Å². The van der Waals surface area contributed by atoms with Gasteiger partial charge in [0.25, 0.3) is 0 Å². The molecule has 6 aromatic rings. The fourth-order valence-corrected chi connectivity index (χ4v) is 4.27. The van der Waals surface area contributed by atoms with E-state index in [9.17, 15) is 10.1 Å². The lowest BCUT2D eigenvalue weighted by Gasteiger charge is -2.03.